The lowest BCUT2D eigenvalue weighted by atomic mass is 9.87. The van der Waals surface area contributed by atoms with Crippen LogP contribution in [0.2, 0.25) is 0 Å². The van der Waals surface area contributed by atoms with Crippen LogP contribution in [0.4, 0.5) is 8.78 Å². The SMILES string of the molecule is CC(C)(CCCCOc1cc(F)ccc1F)C(=O)O. The van der Waals surface area contributed by atoms with Crippen molar-refractivity contribution in [3.05, 3.63) is 29.8 Å². The van der Waals surface area contributed by atoms with Gasteiger partial charge in [0.05, 0.1) is 12.0 Å². The van der Waals surface area contributed by atoms with Crippen LogP contribution in [0.3, 0.4) is 0 Å². The Morgan fingerprint density at radius 3 is 2.63 bits per heavy atom. The third-order valence-electron chi connectivity index (χ3n) is 2.93. The summed E-state index contributed by atoms with van der Waals surface area (Å²) in [7, 11) is 0. The molecule has 1 rings (SSSR count). The van der Waals surface area contributed by atoms with Crippen molar-refractivity contribution in [1.82, 2.24) is 0 Å². The van der Waals surface area contributed by atoms with E-state index in [1.165, 1.54) is 0 Å². The second kappa shape index (κ2) is 6.50. The minimum atomic E-state index is -0.843. The Hall–Kier alpha value is -1.65. The number of ether oxygens (including phenoxy) is 1. The molecule has 0 spiro atoms. The molecule has 0 bridgehead atoms. The molecule has 0 saturated heterocycles. The molecule has 5 heteroatoms. The molecule has 0 saturated carbocycles. The number of benzene rings is 1. The zero-order valence-electron chi connectivity index (χ0n) is 11.1. The number of aliphatic carboxylic acids is 1. The lowest BCUT2D eigenvalue weighted by Gasteiger charge is -2.18. The summed E-state index contributed by atoms with van der Waals surface area (Å²) in [5, 5.41) is 8.92. The lowest BCUT2D eigenvalue weighted by molar-refractivity contribution is -0.147. The van der Waals surface area contributed by atoms with E-state index in [9.17, 15) is 13.6 Å². The standard InChI is InChI=1S/C14H18F2O3/c1-14(2,13(17)18)7-3-4-8-19-12-9-10(15)5-6-11(12)16/h5-6,9H,3-4,7-8H2,1-2H3,(H,17,18). The summed E-state index contributed by atoms with van der Waals surface area (Å²) in [5.41, 5.74) is -0.774. The van der Waals surface area contributed by atoms with Crippen LogP contribution in [0.15, 0.2) is 18.2 Å². The molecule has 0 fully saturated rings. The predicted molar refractivity (Wildman–Crippen MR) is 67.1 cm³/mol. The van der Waals surface area contributed by atoms with Crippen LogP contribution in [0.5, 0.6) is 5.75 Å². The summed E-state index contributed by atoms with van der Waals surface area (Å²) < 4.78 is 31.2. The topological polar surface area (TPSA) is 46.5 Å². The van der Waals surface area contributed by atoms with Crippen LogP contribution < -0.4 is 4.74 Å². The van der Waals surface area contributed by atoms with E-state index in [0.717, 1.165) is 18.2 Å². The fraction of sp³-hybridized carbons (Fsp3) is 0.500. The lowest BCUT2D eigenvalue weighted by Crippen LogP contribution is -2.23. The minimum absolute atomic E-state index is 0.113. The molecular weight excluding hydrogens is 254 g/mol. The maximum atomic E-state index is 13.2. The van der Waals surface area contributed by atoms with Crippen LogP contribution in [0.1, 0.15) is 33.1 Å². The normalized spacial score (nSPS) is 11.4. The Morgan fingerprint density at radius 1 is 1.32 bits per heavy atom. The fourth-order valence-electron chi connectivity index (χ4n) is 1.55. The molecule has 0 radical (unpaired) electrons. The Bertz CT molecular complexity index is 444. The predicted octanol–water partition coefficient (Wildman–Crippen LogP) is 3.62. The van der Waals surface area contributed by atoms with Crippen molar-refractivity contribution in [1.29, 1.82) is 0 Å². The average Bonchev–Trinajstić information content (AvgIpc) is 2.32. The Kier molecular flexibility index (Phi) is 5.27. The second-order valence-corrected chi connectivity index (χ2v) is 5.07. The van der Waals surface area contributed by atoms with Gasteiger partial charge in [0.2, 0.25) is 0 Å². The number of carbonyl (C=O) groups is 1. The molecule has 0 heterocycles. The Balaban J connectivity index is 2.32. The number of halogens is 2. The van der Waals surface area contributed by atoms with Crippen LogP contribution in [0.25, 0.3) is 0 Å². The Labute approximate surface area is 111 Å². The molecule has 0 aromatic heterocycles. The van der Waals surface area contributed by atoms with Gasteiger partial charge in [-0.2, -0.15) is 0 Å². The molecular formula is C14H18F2O3. The highest BCUT2D eigenvalue weighted by atomic mass is 19.1. The molecule has 0 aliphatic carbocycles. The summed E-state index contributed by atoms with van der Waals surface area (Å²) in [5.74, 6) is -2.11. The highest BCUT2D eigenvalue weighted by molar-refractivity contribution is 5.73. The smallest absolute Gasteiger partial charge is 0.309 e. The zero-order chi connectivity index (χ0) is 14.5. The fourth-order valence-corrected chi connectivity index (χ4v) is 1.55. The van der Waals surface area contributed by atoms with E-state index in [0.29, 0.717) is 19.3 Å². The number of carboxylic acids is 1. The molecule has 1 aromatic rings. The summed E-state index contributed by atoms with van der Waals surface area (Å²) in [4.78, 5) is 10.9. The van der Waals surface area contributed by atoms with E-state index >= 15 is 0 Å². The number of unbranched alkanes of at least 4 members (excludes halogenated alkanes) is 1. The summed E-state index contributed by atoms with van der Waals surface area (Å²) >= 11 is 0. The summed E-state index contributed by atoms with van der Waals surface area (Å²) in [6.45, 7) is 3.54. The first-order valence-corrected chi connectivity index (χ1v) is 6.14. The highest BCUT2D eigenvalue weighted by Gasteiger charge is 2.25. The van der Waals surface area contributed by atoms with Gasteiger partial charge < -0.3 is 9.84 Å². The zero-order valence-corrected chi connectivity index (χ0v) is 11.1. The molecule has 1 aromatic carbocycles. The van der Waals surface area contributed by atoms with Gasteiger partial charge in [0.15, 0.2) is 11.6 Å². The molecule has 1 N–H and O–H groups in total. The van der Waals surface area contributed by atoms with Gasteiger partial charge in [0.25, 0.3) is 0 Å². The first kappa shape index (κ1) is 15.4. The van der Waals surface area contributed by atoms with E-state index < -0.39 is 23.0 Å². The van der Waals surface area contributed by atoms with Gasteiger partial charge in [-0.1, -0.05) is 0 Å². The largest absolute Gasteiger partial charge is 0.490 e. The average molecular weight is 272 g/mol. The van der Waals surface area contributed by atoms with Gasteiger partial charge in [-0.25, -0.2) is 8.78 Å². The number of hydrogen-bond donors (Lipinski definition) is 1. The first-order valence-electron chi connectivity index (χ1n) is 6.14. The van der Waals surface area contributed by atoms with Gasteiger partial charge in [0, 0.05) is 6.07 Å². The molecule has 19 heavy (non-hydrogen) atoms. The molecule has 0 aliphatic heterocycles. The third-order valence-corrected chi connectivity index (χ3v) is 2.93. The van der Waals surface area contributed by atoms with Gasteiger partial charge in [-0.3, -0.25) is 4.79 Å². The second-order valence-electron chi connectivity index (χ2n) is 5.07. The van der Waals surface area contributed by atoms with Crippen LogP contribution in [0, 0.1) is 17.0 Å². The molecule has 106 valence electrons. The molecule has 0 amide bonds. The van der Waals surface area contributed by atoms with E-state index in [1.807, 2.05) is 0 Å². The molecule has 3 nitrogen and oxygen atoms in total. The van der Waals surface area contributed by atoms with E-state index in [4.69, 9.17) is 9.84 Å². The Morgan fingerprint density at radius 2 is 2.00 bits per heavy atom. The van der Waals surface area contributed by atoms with Gasteiger partial charge in [-0.15, -0.1) is 0 Å². The number of carboxylic acid groups (broad SMARTS) is 1. The van der Waals surface area contributed by atoms with Gasteiger partial charge in [-0.05, 0) is 45.2 Å². The maximum Gasteiger partial charge on any atom is 0.309 e. The quantitative estimate of drug-likeness (QED) is 0.771. The monoisotopic (exact) mass is 272 g/mol. The van der Waals surface area contributed by atoms with E-state index in [2.05, 4.69) is 0 Å². The van der Waals surface area contributed by atoms with Gasteiger partial charge in [0.1, 0.15) is 5.82 Å². The summed E-state index contributed by atoms with van der Waals surface area (Å²) in [6, 6.07) is 3.03. The van der Waals surface area contributed by atoms with Crippen LogP contribution >= 0.6 is 0 Å². The number of hydrogen-bond acceptors (Lipinski definition) is 2. The van der Waals surface area contributed by atoms with Crippen molar-refractivity contribution < 1.29 is 23.4 Å². The van der Waals surface area contributed by atoms with Crippen molar-refractivity contribution in [2.45, 2.75) is 33.1 Å². The third kappa shape index (κ3) is 4.85. The first-order chi connectivity index (χ1) is 8.83. The molecule has 0 atom stereocenters. The van der Waals surface area contributed by atoms with E-state index in [1.54, 1.807) is 13.8 Å². The minimum Gasteiger partial charge on any atom is -0.490 e. The van der Waals surface area contributed by atoms with Crippen molar-refractivity contribution >= 4 is 5.97 Å². The van der Waals surface area contributed by atoms with Gasteiger partial charge >= 0.3 is 5.97 Å². The van der Waals surface area contributed by atoms with E-state index in [-0.39, 0.29) is 12.4 Å². The van der Waals surface area contributed by atoms with Crippen molar-refractivity contribution in [2.24, 2.45) is 5.41 Å². The maximum absolute atomic E-state index is 13.2. The van der Waals surface area contributed by atoms with Crippen molar-refractivity contribution in [3.63, 3.8) is 0 Å². The van der Waals surface area contributed by atoms with Crippen molar-refractivity contribution in [2.75, 3.05) is 6.61 Å². The van der Waals surface area contributed by atoms with Crippen LogP contribution in [-0.4, -0.2) is 17.7 Å². The summed E-state index contributed by atoms with van der Waals surface area (Å²) in [6.07, 6.45) is 1.75. The molecule has 0 unspecified atom stereocenters. The molecule has 0 aliphatic rings. The number of rotatable bonds is 7. The van der Waals surface area contributed by atoms with Crippen LogP contribution in [-0.2, 0) is 4.79 Å². The van der Waals surface area contributed by atoms with Crippen molar-refractivity contribution in [3.8, 4) is 5.75 Å². The highest BCUT2D eigenvalue weighted by Crippen LogP contribution is 2.24.